The summed E-state index contributed by atoms with van der Waals surface area (Å²) in [5, 5.41) is 9.06. The first-order valence-corrected chi connectivity index (χ1v) is 3.61. The van der Waals surface area contributed by atoms with Crippen LogP contribution in [0.25, 0.3) is 0 Å². The second kappa shape index (κ2) is 2.90. The summed E-state index contributed by atoms with van der Waals surface area (Å²) in [6.45, 7) is 3.05. The molecule has 0 aromatic carbocycles. The van der Waals surface area contributed by atoms with Crippen molar-refractivity contribution in [3.05, 3.63) is 29.1 Å². The van der Waals surface area contributed by atoms with E-state index in [0.717, 1.165) is 6.07 Å². The zero-order chi connectivity index (χ0) is 10.2. The Morgan fingerprint density at radius 3 is 2.23 bits per heavy atom. The molecule has 0 amide bonds. The van der Waals surface area contributed by atoms with Crippen LogP contribution in [0.2, 0.25) is 0 Å². The number of hydrogen-bond acceptors (Lipinski definition) is 1. The fraction of sp³-hybridized carbons (Fsp3) is 0.375. The van der Waals surface area contributed by atoms with Gasteiger partial charge < -0.3 is 0 Å². The maximum atomic E-state index is 12.2. The van der Waals surface area contributed by atoms with Gasteiger partial charge >= 0.3 is 6.18 Å². The monoisotopic (exact) mass is 192 g/mol. The number of nitrogens with zero attached hydrogens (tertiary/aromatic N) is 1. The molecule has 0 spiro atoms. The van der Waals surface area contributed by atoms with E-state index in [1.807, 2.05) is 0 Å². The Bertz CT molecular complexity index is 310. The van der Waals surface area contributed by atoms with Crippen molar-refractivity contribution < 1.29 is 23.1 Å². The summed E-state index contributed by atoms with van der Waals surface area (Å²) < 4.78 is 36.9. The Morgan fingerprint density at radius 2 is 1.85 bits per heavy atom. The molecule has 0 saturated heterocycles. The first-order chi connectivity index (χ1) is 5.82. The molecule has 1 aromatic heterocycles. The maximum absolute atomic E-state index is 12.2. The first-order valence-electron chi connectivity index (χ1n) is 3.61. The molecule has 1 rings (SSSR count). The normalized spacial score (nSPS) is 11.8. The Kier molecular flexibility index (Phi) is 2.19. The molecule has 0 aliphatic carbocycles. The van der Waals surface area contributed by atoms with Crippen LogP contribution in [0.1, 0.15) is 16.8 Å². The highest BCUT2D eigenvalue weighted by Crippen LogP contribution is 2.28. The molecule has 0 saturated carbocycles. The third kappa shape index (κ3) is 1.91. The van der Waals surface area contributed by atoms with Crippen LogP contribution < -0.4 is 4.73 Å². The Balaban J connectivity index is 3.29. The standard InChI is InChI=1S/C8H9F3NO/c1-5-3-7(8(9,10)11)4-12(13)6(5)2/h3-4,13H,1-2H3/q+1. The lowest BCUT2D eigenvalue weighted by Gasteiger charge is -2.05. The summed E-state index contributed by atoms with van der Waals surface area (Å²) in [5.41, 5.74) is -0.0524. The number of hydrogen-bond donors (Lipinski definition) is 1. The van der Waals surface area contributed by atoms with Gasteiger partial charge in [0.1, 0.15) is 5.56 Å². The van der Waals surface area contributed by atoms with Crippen molar-refractivity contribution in [1.29, 1.82) is 0 Å². The molecule has 0 unspecified atom stereocenters. The second-order valence-electron chi connectivity index (χ2n) is 2.84. The largest absolute Gasteiger partial charge is 0.422 e. The van der Waals surface area contributed by atoms with Crippen molar-refractivity contribution in [2.45, 2.75) is 20.0 Å². The van der Waals surface area contributed by atoms with Crippen molar-refractivity contribution in [2.24, 2.45) is 0 Å². The number of alkyl halides is 3. The average molecular weight is 192 g/mol. The van der Waals surface area contributed by atoms with Gasteiger partial charge in [-0.15, -0.1) is 0 Å². The molecule has 0 aliphatic rings. The molecule has 0 atom stereocenters. The quantitative estimate of drug-likeness (QED) is 0.492. The van der Waals surface area contributed by atoms with E-state index in [1.54, 1.807) is 0 Å². The van der Waals surface area contributed by atoms with Crippen molar-refractivity contribution in [3.63, 3.8) is 0 Å². The van der Waals surface area contributed by atoms with Gasteiger partial charge in [-0.25, -0.2) is 0 Å². The molecule has 0 fully saturated rings. The van der Waals surface area contributed by atoms with Gasteiger partial charge in [0.2, 0.25) is 11.9 Å². The minimum Gasteiger partial charge on any atom is -0.285 e. The molecule has 5 heteroatoms. The van der Waals surface area contributed by atoms with Crippen LogP contribution >= 0.6 is 0 Å². The SMILES string of the molecule is Cc1cc(C(F)(F)F)c[n+](O)c1C. The molecule has 0 bridgehead atoms. The molecule has 0 aliphatic heterocycles. The van der Waals surface area contributed by atoms with Gasteiger partial charge in [0.25, 0.3) is 0 Å². The average Bonchev–Trinajstić information content (AvgIpc) is 1.97. The molecule has 72 valence electrons. The highest BCUT2D eigenvalue weighted by Gasteiger charge is 2.34. The summed E-state index contributed by atoms with van der Waals surface area (Å²) in [7, 11) is 0. The molecular formula is C8H9F3NO+. The van der Waals surface area contributed by atoms with Gasteiger partial charge in [-0.2, -0.15) is 13.2 Å². The zero-order valence-corrected chi connectivity index (χ0v) is 7.18. The maximum Gasteiger partial charge on any atom is 0.422 e. The fourth-order valence-electron chi connectivity index (χ4n) is 0.939. The highest BCUT2D eigenvalue weighted by atomic mass is 19.4. The van der Waals surface area contributed by atoms with Crippen molar-refractivity contribution in [2.75, 3.05) is 0 Å². The van der Waals surface area contributed by atoms with Crippen molar-refractivity contribution in [3.8, 4) is 0 Å². The van der Waals surface area contributed by atoms with E-state index in [4.69, 9.17) is 5.21 Å². The first kappa shape index (κ1) is 9.83. The van der Waals surface area contributed by atoms with Crippen LogP contribution in [0.15, 0.2) is 12.3 Å². The van der Waals surface area contributed by atoms with Crippen LogP contribution in [0, 0.1) is 13.8 Å². The number of aromatic nitrogens is 1. The highest BCUT2D eigenvalue weighted by molar-refractivity contribution is 5.20. The third-order valence-corrected chi connectivity index (χ3v) is 1.88. The van der Waals surface area contributed by atoms with Gasteiger partial charge in [-0.05, 0) is 13.0 Å². The number of aryl methyl sites for hydroxylation is 1. The van der Waals surface area contributed by atoms with Crippen LogP contribution in [0.5, 0.6) is 0 Å². The molecular weight excluding hydrogens is 183 g/mol. The number of rotatable bonds is 0. The van der Waals surface area contributed by atoms with Gasteiger partial charge in [-0.1, -0.05) is 0 Å². The predicted molar refractivity (Wildman–Crippen MR) is 38.3 cm³/mol. The molecule has 2 nitrogen and oxygen atoms in total. The molecule has 1 N–H and O–H groups in total. The lowest BCUT2D eigenvalue weighted by molar-refractivity contribution is -0.909. The lowest BCUT2D eigenvalue weighted by Crippen LogP contribution is -2.35. The fourth-order valence-corrected chi connectivity index (χ4v) is 0.939. The summed E-state index contributed by atoms with van der Waals surface area (Å²) in [6, 6.07) is 1.00. The summed E-state index contributed by atoms with van der Waals surface area (Å²) in [6.07, 6.45) is -3.76. The molecule has 1 heterocycles. The van der Waals surface area contributed by atoms with E-state index in [9.17, 15) is 13.2 Å². The van der Waals surface area contributed by atoms with E-state index in [2.05, 4.69) is 0 Å². The Labute approximate surface area is 73.2 Å². The minimum absolute atomic E-state index is 0.396. The Hall–Kier alpha value is -1.26. The van der Waals surface area contributed by atoms with E-state index >= 15 is 0 Å². The van der Waals surface area contributed by atoms with Crippen LogP contribution in [-0.2, 0) is 6.18 Å². The van der Waals surface area contributed by atoms with Crippen LogP contribution in [0.4, 0.5) is 13.2 Å². The zero-order valence-electron chi connectivity index (χ0n) is 7.18. The lowest BCUT2D eigenvalue weighted by atomic mass is 10.1. The van der Waals surface area contributed by atoms with Gasteiger partial charge in [0.15, 0.2) is 0 Å². The van der Waals surface area contributed by atoms with E-state index in [1.165, 1.54) is 13.8 Å². The van der Waals surface area contributed by atoms with Crippen molar-refractivity contribution >= 4 is 0 Å². The molecule has 13 heavy (non-hydrogen) atoms. The Morgan fingerprint density at radius 1 is 1.31 bits per heavy atom. The smallest absolute Gasteiger partial charge is 0.285 e. The van der Waals surface area contributed by atoms with Crippen molar-refractivity contribution in [1.82, 2.24) is 0 Å². The van der Waals surface area contributed by atoms with E-state index < -0.39 is 11.7 Å². The van der Waals surface area contributed by atoms with Gasteiger partial charge in [0, 0.05) is 17.2 Å². The third-order valence-electron chi connectivity index (χ3n) is 1.88. The van der Waals surface area contributed by atoms with E-state index in [0.29, 0.717) is 22.2 Å². The minimum atomic E-state index is -4.41. The molecule has 1 aromatic rings. The van der Waals surface area contributed by atoms with Gasteiger partial charge in [0.05, 0.1) is 0 Å². The predicted octanol–water partition coefficient (Wildman–Crippen LogP) is 1.85. The number of halogens is 3. The van der Waals surface area contributed by atoms with Crippen LogP contribution in [0.3, 0.4) is 0 Å². The van der Waals surface area contributed by atoms with E-state index in [-0.39, 0.29) is 0 Å². The number of pyridine rings is 1. The topological polar surface area (TPSA) is 24.1 Å². The van der Waals surface area contributed by atoms with Crippen LogP contribution in [-0.4, -0.2) is 5.21 Å². The second-order valence-corrected chi connectivity index (χ2v) is 2.84. The molecule has 0 radical (unpaired) electrons. The summed E-state index contributed by atoms with van der Waals surface area (Å²) in [4.78, 5) is 0. The summed E-state index contributed by atoms with van der Waals surface area (Å²) >= 11 is 0. The summed E-state index contributed by atoms with van der Waals surface area (Å²) in [5.74, 6) is 0. The van der Waals surface area contributed by atoms with Gasteiger partial charge in [-0.3, -0.25) is 5.21 Å².